The van der Waals surface area contributed by atoms with Gasteiger partial charge in [0.2, 0.25) is 0 Å². The molecule has 12 heavy (non-hydrogen) atoms. The summed E-state index contributed by atoms with van der Waals surface area (Å²) in [7, 11) is 0. The molecule has 0 rings (SSSR count). The Kier molecular flexibility index (Phi) is 2.52. The molecular formula is C6H5F4O2-. The zero-order chi connectivity index (χ0) is 10.2. The standard InChI is InChI=1S/C6H6F4O2/c1-3(4(11)12)6(9,10)5(2,7)8/h1H2,2H3,(H,11,12)/p-1. The fraction of sp³-hybridized carbons (Fsp3) is 0.500. The minimum Gasteiger partial charge on any atom is -0.545 e. The number of alkyl halides is 4. The highest BCUT2D eigenvalue weighted by atomic mass is 19.3. The highest BCUT2D eigenvalue weighted by molar-refractivity contribution is 5.86. The topological polar surface area (TPSA) is 40.1 Å². The molecule has 0 N–H and O–H groups in total. The maximum atomic E-state index is 12.3. The van der Waals surface area contributed by atoms with Crippen molar-refractivity contribution in [2.24, 2.45) is 0 Å². The van der Waals surface area contributed by atoms with Crippen LogP contribution in [0.15, 0.2) is 12.2 Å². The normalized spacial score (nSPS) is 12.8. The molecule has 0 heterocycles. The number of carboxylic acids is 1. The van der Waals surface area contributed by atoms with Crippen molar-refractivity contribution >= 4 is 5.97 Å². The Morgan fingerprint density at radius 1 is 1.33 bits per heavy atom. The SMILES string of the molecule is C=C(C(=O)[O-])C(F)(F)C(C)(F)F. The van der Waals surface area contributed by atoms with Crippen LogP contribution < -0.4 is 5.11 Å². The van der Waals surface area contributed by atoms with Gasteiger partial charge < -0.3 is 9.90 Å². The Balaban J connectivity index is 4.87. The monoisotopic (exact) mass is 185 g/mol. The van der Waals surface area contributed by atoms with Crippen LogP contribution >= 0.6 is 0 Å². The van der Waals surface area contributed by atoms with Gasteiger partial charge in [-0.1, -0.05) is 6.58 Å². The van der Waals surface area contributed by atoms with E-state index in [1.165, 1.54) is 0 Å². The Morgan fingerprint density at radius 3 is 1.75 bits per heavy atom. The largest absolute Gasteiger partial charge is 0.545 e. The minimum atomic E-state index is -4.77. The van der Waals surface area contributed by atoms with Crippen molar-refractivity contribution in [1.29, 1.82) is 0 Å². The molecule has 0 aromatic heterocycles. The van der Waals surface area contributed by atoms with Crippen molar-refractivity contribution < 1.29 is 27.5 Å². The molecule has 0 bridgehead atoms. The average molecular weight is 185 g/mol. The summed E-state index contributed by atoms with van der Waals surface area (Å²) in [4.78, 5) is 9.77. The van der Waals surface area contributed by atoms with Crippen molar-refractivity contribution in [3.05, 3.63) is 12.2 Å². The molecule has 0 aromatic carbocycles. The van der Waals surface area contributed by atoms with Gasteiger partial charge in [0.15, 0.2) is 0 Å². The lowest BCUT2D eigenvalue weighted by molar-refractivity contribution is -0.304. The molecule has 0 saturated carbocycles. The van der Waals surface area contributed by atoms with Crippen LogP contribution in [0.3, 0.4) is 0 Å². The number of carboxylic acid groups (broad SMARTS) is 1. The maximum absolute atomic E-state index is 12.3. The maximum Gasteiger partial charge on any atom is 0.336 e. The van der Waals surface area contributed by atoms with Crippen LogP contribution in [-0.4, -0.2) is 17.8 Å². The summed E-state index contributed by atoms with van der Waals surface area (Å²) in [6, 6.07) is 0. The number of aliphatic carboxylic acids is 1. The number of hydrogen-bond donors (Lipinski definition) is 0. The Bertz CT molecular complexity index is 216. The second-order valence-electron chi connectivity index (χ2n) is 2.23. The molecule has 0 radical (unpaired) electrons. The minimum absolute atomic E-state index is 0.0961. The highest BCUT2D eigenvalue weighted by Crippen LogP contribution is 2.38. The summed E-state index contributed by atoms with van der Waals surface area (Å²) in [6.07, 6.45) is 0. The number of carbonyl (C=O) groups is 1. The number of halogens is 4. The molecule has 0 aromatic rings. The summed E-state index contributed by atoms with van der Waals surface area (Å²) in [6.45, 7) is 2.20. The van der Waals surface area contributed by atoms with E-state index in [1.54, 1.807) is 0 Å². The lowest BCUT2D eigenvalue weighted by Gasteiger charge is -2.25. The zero-order valence-corrected chi connectivity index (χ0v) is 6.04. The molecule has 0 spiro atoms. The average Bonchev–Trinajstić information content (AvgIpc) is 1.83. The predicted molar refractivity (Wildman–Crippen MR) is 29.7 cm³/mol. The Hall–Kier alpha value is -1.07. The van der Waals surface area contributed by atoms with E-state index in [0.29, 0.717) is 0 Å². The fourth-order valence-electron chi connectivity index (χ4n) is 0.393. The van der Waals surface area contributed by atoms with E-state index < -0.39 is 23.4 Å². The highest BCUT2D eigenvalue weighted by Gasteiger charge is 2.54. The van der Waals surface area contributed by atoms with Gasteiger partial charge >= 0.3 is 11.8 Å². The van der Waals surface area contributed by atoms with E-state index in [-0.39, 0.29) is 6.92 Å². The summed E-state index contributed by atoms with van der Waals surface area (Å²) >= 11 is 0. The summed E-state index contributed by atoms with van der Waals surface area (Å²) < 4.78 is 48.6. The van der Waals surface area contributed by atoms with Crippen LogP contribution in [0.4, 0.5) is 17.6 Å². The number of rotatable bonds is 3. The van der Waals surface area contributed by atoms with Gasteiger partial charge in [-0.2, -0.15) is 17.6 Å². The molecular weight excluding hydrogens is 180 g/mol. The quantitative estimate of drug-likeness (QED) is 0.476. The first-order valence-corrected chi connectivity index (χ1v) is 2.77. The molecule has 2 nitrogen and oxygen atoms in total. The zero-order valence-electron chi connectivity index (χ0n) is 6.04. The van der Waals surface area contributed by atoms with E-state index in [9.17, 15) is 27.5 Å². The first-order valence-electron chi connectivity index (χ1n) is 2.77. The van der Waals surface area contributed by atoms with Gasteiger partial charge in [0.25, 0.3) is 0 Å². The number of carbonyl (C=O) groups excluding carboxylic acids is 1. The third kappa shape index (κ3) is 1.75. The van der Waals surface area contributed by atoms with Gasteiger partial charge in [0.1, 0.15) is 0 Å². The molecule has 6 heteroatoms. The van der Waals surface area contributed by atoms with E-state index >= 15 is 0 Å². The van der Waals surface area contributed by atoms with E-state index in [1.807, 2.05) is 0 Å². The lowest BCUT2D eigenvalue weighted by Crippen LogP contribution is -2.45. The predicted octanol–water partition coefficient (Wildman–Crippen LogP) is 0.583. The van der Waals surface area contributed by atoms with Gasteiger partial charge in [0, 0.05) is 12.5 Å². The fourth-order valence-corrected chi connectivity index (χ4v) is 0.393. The van der Waals surface area contributed by atoms with Crippen molar-refractivity contribution in [2.45, 2.75) is 18.8 Å². The van der Waals surface area contributed by atoms with Crippen molar-refractivity contribution in [1.82, 2.24) is 0 Å². The van der Waals surface area contributed by atoms with Crippen LogP contribution in [0, 0.1) is 0 Å². The summed E-state index contributed by atoms with van der Waals surface area (Å²) in [5.74, 6) is -11.6. The van der Waals surface area contributed by atoms with Crippen LogP contribution in [0.5, 0.6) is 0 Å². The molecule has 70 valence electrons. The van der Waals surface area contributed by atoms with Crippen molar-refractivity contribution in [2.75, 3.05) is 0 Å². The van der Waals surface area contributed by atoms with Gasteiger partial charge in [0.05, 0.1) is 5.97 Å². The molecule has 0 saturated heterocycles. The molecule has 0 unspecified atom stereocenters. The van der Waals surface area contributed by atoms with Gasteiger partial charge in [-0.25, -0.2) is 0 Å². The summed E-state index contributed by atoms with van der Waals surface area (Å²) in [5.41, 5.74) is -1.92. The second-order valence-corrected chi connectivity index (χ2v) is 2.23. The second kappa shape index (κ2) is 2.76. The Morgan fingerprint density at radius 2 is 1.67 bits per heavy atom. The van der Waals surface area contributed by atoms with Crippen molar-refractivity contribution in [3.63, 3.8) is 0 Å². The van der Waals surface area contributed by atoms with E-state index in [2.05, 4.69) is 6.58 Å². The molecule has 0 amide bonds. The molecule has 0 aliphatic rings. The molecule has 0 fully saturated rings. The van der Waals surface area contributed by atoms with Crippen LogP contribution in [0.2, 0.25) is 0 Å². The first kappa shape index (κ1) is 10.9. The smallest absolute Gasteiger partial charge is 0.336 e. The van der Waals surface area contributed by atoms with Crippen LogP contribution in [-0.2, 0) is 4.79 Å². The number of hydrogen-bond acceptors (Lipinski definition) is 2. The third-order valence-corrected chi connectivity index (χ3v) is 1.18. The van der Waals surface area contributed by atoms with Gasteiger partial charge in [-0.3, -0.25) is 0 Å². The van der Waals surface area contributed by atoms with E-state index in [4.69, 9.17) is 0 Å². The van der Waals surface area contributed by atoms with Crippen LogP contribution in [0.25, 0.3) is 0 Å². The third-order valence-electron chi connectivity index (χ3n) is 1.18. The van der Waals surface area contributed by atoms with Gasteiger partial charge in [-0.15, -0.1) is 0 Å². The Labute approximate surface area is 65.5 Å². The summed E-state index contributed by atoms with van der Waals surface area (Å²) in [5, 5.41) is 9.77. The molecule has 0 aliphatic carbocycles. The lowest BCUT2D eigenvalue weighted by atomic mass is 10.1. The van der Waals surface area contributed by atoms with Crippen LogP contribution in [0.1, 0.15) is 6.92 Å². The first-order chi connectivity index (χ1) is 5.10. The van der Waals surface area contributed by atoms with Gasteiger partial charge in [-0.05, 0) is 0 Å². The molecule has 0 aliphatic heterocycles. The molecule has 0 atom stereocenters. The van der Waals surface area contributed by atoms with Crippen molar-refractivity contribution in [3.8, 4) is 0 Å². The van der Waals surface area contributed by atoms with E-state index in [0.717, 1.165) is 0 Å².